The van der Waals surface area contributed by atoms with E-state index in [-0.39, 0.29) is 5.91 Å². The number of nitrogens with one attached hydrogen (secondary N) is 2. The Balaban J connectivity index is 1.29. The van der Waals surface area contributed by atoms with Crippen molar-refractivity contribution in [1.29, 1.82) is 0 Å². The second kappa shape index (κ2) is 8.44. The number of urea groups is 1. The number of aryl methyl sites for hydroxylation is 1. The third kappa shape index (κ3) is 4.11. The number of piperidine rings is 2. The summed E-state index contributed by atoms with van der Waals surface area (Å²) in [7, 11) is 0. The first-order chi connectivity index (χ1) is 15.4. The molecule has 2 aromatic heterocycles. The van der Waals surface area contributed by atoms with Gasteiger partial charge in [-0.3, -0.25) is 15.0 Å². The van der Waals surface area contributed by atoms with Gasteiger partial charge in [0.05, 0.1) is 11.4 Å². The number of amides is 3. The summed E-state index contributed by atoms with van der Waals surface area (Å²) >= 11 is 0. The first-order valence-corrected chi connectivity index (χ1v) is 11.6. The molecule has 8 nitrogen and oxygen atoms in total. The van der Waals surface area contributed by atoms with Crippen LogP contribution in [0.15, 0.2) is 18.3 Å². The predicted octanol–water partition coefficient (Wildman–Crippen LogP) is 2.52. The standard InChI is InChI=1S/C23H31FN6O2/c1-16-19(30-13-5-20(31)27-22(30)32)14-17-2-12-29(21(17)26-16)18-3-10-28(11-4-18)15-23(24)6-8-25-9-7-23/h2,12,14,18,25H,3-11,13,15H2,1H3,(H,27,31,32). The van der Waals surface area contributed by atoms with Crippen LogP contribution in [-0.2, 0) is 4.79 Å². The smallest absolute Gasteiger partial charge is 0.328 e. The van der Waals surface area contributed by atoms with E-state index in [1.54, 1.807) is 4.90 Å². The zero-order valence-corrected chi connectivity index (χ0v) is 18.6. The van der Waals surface area contributed by atoms with Crippen molar-refractivity contribution in [2.24, 2.45) is 0 Å². The molecule has 5 heterocycles. The van der Waals surface area contributed by atoms with Crippen LogP contribution in [0.5, 0.6) is 0 Å². The minimum absolute atomic E-state index is 0.241. The van der Waals surface area contributed by atoms with Gasteiger partial charge in [-0.1, -0.05) is 0 Å². The van der Waals surface area contributed by atoms with Crippen molar-refractivity contribution in [3.8, 4) is 0 Å². The van der Waals surface area contributed by atoms with Crippen LogP contribution in [0.1, 0.15) is 43.8 Å². The van der Waals surface area contributed by atoms with E-state index in [2.05, 4.69) is 26.3 Å². The van der Waals surface area contributed by atoms with Gasteiger partial charge in [0.2, 0.25) is 5.91 Å². The van der Waals surface area contributed by atoms with Crippen LogP contribution in [0.3, 0.4) is 0 Å². The highest BCUT2D eigenvalue weighted by Gasteiger charge is 2.35. The van der Waals surface area contributed by atoms with Crippen LogP contribution < -0.4 is 15.5 Å². The maximum absolute atomic E-state index is 15.1. The molecule has 0 atom stereocenters. The number of aromatic nitrogens is 2. The zero-order chi connectivity index (χ0) is 22.3. The molecule has 0 bridgehead atoms. The molecule has 9 heteroatoms. The van der Waals surface area contributed by atoms with Crippen molar-refractivity contribution >= 4 is 28.7 Å². The Kier molecular flexibility index (Phi) is 5.63. The molecule has 3 amide bonds. The van der Waals surface area contributed by atoms with E-state index < -0.39 is 11.7 Å². The number of imide groups is 1. The quantitative estimate of drug-likeness (QED) is 0.761. The van der Waals surface area contributed by atoms with Crippen molar-refractivity contribution < 1.29 is 14.0 Å². The lowest BCUT2D eigenvalue weighted by molar-refractivity contribution is -0.120. The second-order valence-corrected chi connectivity index (χ2v) is 9.39. The fourth-order valence-electron chi connectivity index (χ4n) is 5.31. The SMILES string of the molecule is Cc1nc2c(ccn2C2CCN(CC3(F)CCNCC3)CC2)cc1N1CCC(=O)NC1=O. The van der Waals surface area contributed by atoms with Crippen molar-refractivity contribution in [3.63, 3.8) is 0 Å². The first-order valence-electron chi connectivity index (χ1n) is 11.6. The van der Waals surface area contributed by atoms with Gasteiger partial charge in [-0.2, -0.15) is 0 Å². The van der Waals surface area contributed by atoms with Crippen molar-refractivity contribution in [3.05, 3.63) is 24.0 Å². The summed E-state index contributed by atoms with van der Waals surface area (Å²) < 4.78 is 17.3. The number of carbonyl (C=O) groups excluding carboxylic acids is 2. The van der Waals surface area contributed by atoms with Gasteiger partial charge in [0.25, 0.3) is 0 Å². The average Bonchev–Trinajstić information content (AvgIpc) is 3.17. The fraction of sp³-hybridized carbons (Fsp3) is 0.609. The lowest BCUT2D eigenvalue weighted by Crippen LogP contribution is -2.49. The van der Waals surface area contributed by atoms with Crippen LogP contribution in [0.4, 0.5) is 14.9 Å². The minimum Gasteiger partial charge on any atom is -0.329 e. The molecule has 2 N–H and O–H groups in total. The van der Waals surface area contributed by atoms with Crippen LogP contribution >= 0.6 is 0 Å². The molecular weight excluding hydrogens is 411 g/mol. The van der Waals surface area contributed by atoms with Gasteiger partial charge < -0.3 is 14.8 Å². The van der Waals surface area contributed by atoms with Crippen LogP contribution in [0, 0.1) is 6.92 Å². The number of alkyl halides is 1. The predicted molar refractivity (Wildman–Crippen MR) is 121 cm³/mol. The fourth-order valence-corrected chi connectivity index (χ4v) is 5.31. The van der Waals surface area contributed by atoms with Gasteiger partial charge >= 0.3 is 6.03 Å². The van der Waals surface area contributed by atoms with E-state index in [0.29, 0.717) is 38.4 Å². The summed E-state index contributed by atoms with van der Waals surface area (Å²) in [5.74, 6) is -0.241. The van der Waals surface area contributed by atoms with Crippen molar-refractivity contribution in [2.45, 2.75) is 50.7 Å². The van der Waals surface area contributed by atoms with E-state index in [4.69, 9.17) is 4.98 Å². The Labute approximate surface area is 187 Å². The number of hydrogen-bond acceptors (Lipinski definition) is 5. The number of rotatable bonds is 4. The molecule has 3 aliphatic rings. The third-order valence-electron chi connectivity index (χ3n) is 7.16. The summed E-state index contributed by atoms with van der Waals surface area (Å²) in [5, 5.41) is 6.60. The van der Waals surface area contributed by atoms with Crippen molar-refractivity contribution in [1.82, 2.24) is 25.1 Å². The maximum atomic E-state index is 15.1. The number of hydrogen-bond donors (Lipinski definition) is 2. The molecule has 0 unspecified atom stereocenters. The summed E-state index contributed by atoms with van der Waals surface area (Å²) in [6.07, 6.45) is 5.51. The largest absolute Gasteiger partial charge is 0.329 e. The number of pyridine rings is 1. The van der Waals surface area contributed by atoms with Gasteiger partial charge in [-0.25, -0.2) is 14.2 Å². The van der Waals surface area contributed by atoms with Crippen molar-refractivity contribution in [2.75, 3.05) is 44.2 Å². The first kappa shape index (κ1) is 21.3. The Morgan fingerprint density at radius 3 is 2.66 bits per heavy atom. The highest BCUT2D eigenvalue weighted by atomic mass is 19.1. The number of nitrogens with zero attached hydrogens (tertiary/aromatic N) is 4. The van der Waals surface area contributed by atoms with Crippen LogP contribution in [0.2, 0.25) is 0 Å². The number of carbonyl (C=O) groups is 2. The molecule has 0 aromatic carbocycles. The Hall–Kier alpha value is -2.52. The molecule has 2 aromatic rings. The lowest BCUT2D eigenvalue weighted by atomic mass is 9.92. The summed E-state index contributed by atoms with van der Waals surface area (Å²) in [4.78, 5) is 32.4. The van der Waals surface area contributed by atoms with Gasteiger partial charge in [0.15, 0.2) is 0 Å². The molecule has 3 fully saturated rings. The zero-order valence-electron chi connectivity index (χ0n) is 18.6. The van der Waals surface area contributed by atoms with Crippen LogP contribution in [-0.4, -0.2) is 71.3 Å². The minimum atomic E-state index is -1.06. The van der Waals surface area contributed by atoms with Crippen LogP contribution in [0.25, 0.3) is 11.0 Å². The molecular formula is C23H31FN6O2. The average molecular weight is 443 g/mol. The molecule has 5 rings (SSSR count). The summed E-state index contributed by atoms with van der Waals surface area (Å²) in [5.41, 5.74) is 1.37. The normalized spacial score (nSPS) is 23.0. The number of fused-ring (bicyclic) bond motifs is 1. The Morgan fingerprint density at radius 2 is 1.94 bits per heavy atom. The molecule has 0 saturated carbocycles. The van der Waals surface area contributed by atoms with E-state index >= 15 is 4.39 Å². The van der Waals surface area contributed by atoms with E-state index in [1.807, 2.05) is 19.1 Å². The molecule has 0 spiro atoms. The van der Waals surface area contributed by atoms with Gasteiger partial charge in [0.1, 0.15) is 11.3 Å². The van der Waals surface area contributed by atoms with E-state index in [1.165, 1.54) is 0 Å². The van der Waals surface area contributed by atoms with Gasteiger partial charge in [-0.15, -0.1) is 0 Å². The molecule has 172 valence electrons. The number of likely N-dealkylation sites (tertiary alicyclic amines) is 1. The summed E-state index contributed by atoms with van der Waals surface area (Å²) in [6.45, 7) is 6.12. The highest BCUT2D eigenvalue weighted by Crippen LogP contribution is 2.32. The number of anilines is 1. The molecule has 0 radical (unpaired) electrons. The monoisotopic (exact) mass is 442 g/mol. The summed E-state index contributed by atoms with van der Waals surface area (Å²) in [6, 6.07) is 3.97. The topological polar surface area (TPSA) is 82.5 Å². The Morgan fingerprint density at radius 1 is 1.19 bits per heavy atom. The third-order valence-corrected chi connectivity index (χ3v) is 7.16. The second-order valence-electron chi connectivity index (χ2n) is 9.39. The molecule has 3 saturated heterocycles. The number of halogens is 1. The molecule has 3 aliphatic heterocycles. The van der Waals surface area contributed by atoms with E-state index in [9.17, 15) is 9.59 Å². The van der Waals surface area contributed by atoms with Gasteiger partial charge in [0, 0.05) is 50.2 Å². The molecule has 32 heavy (non-hydrogen) atoms. The highest BCUT2D eigenvalue weighted by molar-refractivity contribution is 6.06. The van der Waals surface area contributed by atoms with Gasteiger partial charge in [-0.05, 0) is 57.8 Å². The maximum Gasteiger partial charge on any atom is 0.328 e. The lowest BCUT2D eigenvalue weighted by Gasteiger charge is -2.39. The van der Waals surface area contributed by atoms with E-state index in [0.717, 1.165) is 61.4 Å². The molecule has 0 aliphatic carbocycles. The Bertz CT molecular complexity index is 1020.